The zero-order valence-electron chi connectivity index (χ0n) is 10.5. The molecule has 0 aromatic heterocycles. The lowest BCUT2D eigenvalue weighted by atomic mass is 10.2. The quantitative estimate of drug-likeness (QED) is 0.860. The van der Waals surface area contributed by atoms with E-state index in [4.69, 9.17) is 5.73 Å². The second-order valence-electron chi connectivity index (χ2n) is 4.35. The molecule has 112 valence electrons. The molecule has 1 aromatic carbocycles. The predicted molar refractivity (Wildman–Crippen MR) is 70.9 cm³/mol. The molecule has 0 bridgehead atoms. The number of hydrogen-bond donors (Lipinski definition) is 1. The molecule has 0 amide bonds. The molecule has 0 saturated carbocycles. The Kier molecular flexibility index (Phi) is 4.52. The minimum absolute atomic E-state index is 0.0306. The van der Waals surface area contributed by atoms with Gasteiger partial charge in [-0.05, 0) is 17.7 Å². The number of halogens is 2. The first-order chi connectivity index (χ1) is 9.36. The zero-order valence-corrected chi connectivity index (χ0v) is 12.1. The largest absolute Gasteiger partial charge is 0.326 e. The van der Waals surface area contributed by atoms with Crippen molar-refractivity contribution < 1.29 is 21.4 Å². The highest BCUT2D eigenvalue weighted by Crippen LogP contribution is 2.24. The molecular weight excluding hydrogens is 310 g/mol. The third kappa shape index (κ3) is 2.90. The summed E-state index contributed by atoms with van der Waals surface area (Å²) in [5.74, 6) is -2.26. The third-order valence-electron chi connectivity index (χ3n) is 3.04. The first-order valence-corrected chi connectivity index (χ1v) is 8.82. The van der Waals surface area contributed by atoms with Gasteiger partial charge in [0, 0.05) is 41.9 Å². The van der Waals surface area contributed by atoms with Crippen LogP contribution in [0.3, 0.4) is 0 Å². The van der Waals surface area contributed by atoms with E-state index in [1.54, 1.807) is 0 Å². The Morgan fingerprint density at radius 2 is 1.85 bits per heavy atom. The Balaban J connectivity index is 2.44. The van der Waals surface area contributed by atoms with Gasteiger partial charge in [0.05, 0.1) is 0 Å². The van der Waals surface area contributed by atoms with Gasteiger partial charge in [0.2, 0.25) is 10.0 Å². The normalized spacial score (nSPS) is 18.4. The van der Waals surface area contributed by atoms with Crippen LogP contribution in [-0.4, -0.2) is 41.5 Å². The van der Waals surface area contributed by atoms with Gasteiger partial charge in [-0.15, -0.1) is 0 Å². The van der Waals surface area contributed by atoms with Gasteiger partial charge in [0.1, 0.15) is 4.90 Å². The lowest BCUT2D eigenvalue weighted by Gasteiger charge is -2.25. The van der Waals surface area contributed by atoms with Gasteiger partial charge in [0.25, 0.3) is 0 Å². The number of benzene rings is 1. The van der Waals surface area contributed by atoms with Crippen molar-refractivity contribution in [2.24, 2.45) is 5.73 Å². The first-order valence-electron chi connectivity index (χ1n) is 5.89. The fourth-order valence-corrected chi connectivity index (χ4v) is 4.77. The molecule has 1 aliphatic rings. The highest BCUT2D eigenvalue weighted by molar-refractivity contribution is 7.89. The number of sulfonamides is 1. The number of rotatable bonds is 3. The summed E-state index contributed by atoms with van der Waals surface area (Å²) in [5.41, 5.74) is 5.54. The van der Waals surface area contributed by atoms with Gasteiger partial charge in [0.15, 0.2) is 11.6 Å². The number of hydrogen-bond acceptors (Lipinski definition) is 4. The summed E-state index contributed by atoms with van der Waals surface area (Å²) < 4.78 is 64.1. The van der Waals surface area contributed by atoms with Crippen LogP contribution in [0.2, 0.25) is 0 Å². The van der Waals surface area contributed by atoms with E-state index >= 15 is 0 Å². The van der Waals surface area contributed by atoms with Crippen molar-refractivity contribution >= 4 is 20.8 Å². The van der Waals surface area contributed by atoms with Gasteiger partial charge >= 0.3 is 0 Å². The van der Waals surface area contributed by atoms with Crippen LogP contribution in [0.5, 0.6) is 0 Å². The standard InChI is InChI=1S/C11H14F2N2O3S2/c12-9-5-8(7-14)6-10(11(9)13)20(17,18)15-1-3-19(16)4-2-15/h5-6H,1-4,7,14H2. The molecule has 20 heavy (non-hydrogen) atoms. The summed E-state index contributed by atoms with van der Waals surface area (Å²) in [6, 6.07) is 1.92. The van der Waals surface area contributed by atoms with Gasteiger partial charge in [-0.2, -0.15) is 4.31 Å². The highest BCUT2D eigenvalue weighted by atomic mass is 32.2. The van der Waals surface area contributed by atoms with Crippen LogP contribution in [0.25, 0.3) is 0 Å². The molecule has 1 aromatic rings. The molecule has 0 aliphatic carbocycles. The summed E-state index contributed by atoms with van der Waals surface area (Å²) in [7, 11) is -5.20. The molecular formula is C11H14F2N2O3S2. The third-order valence-corrected chi connectivity index (χ3v) is 6.22. The van der Waals surface area contributed by atoms with E-state index in [1.807, 2.05) is 0 Å². The maximum Gasteiger partial charge on any atom is 0.246 e. The SMILES string of the molecule is NCc1cc(F)c(F)c(S(=O)(=O)N2CCS(=O)CC2)c1. The number of nitrogens with zero attached hydrogens (tertiary/aromatic N) is 1. The average Bonchev–Trinajstić information content (AvgIpc) is 2.42. The summed E-state index contributed by atoms with van der Waals surface area (Å²) >= 11 is 0. The molecule has 2 N–H and O–H groups in total. The molecule has 5 nitrogen and oxygen atoms in total. The first kappa shape index (κ1) is 15.5. The Labute approximate surface area is 118 Å². The fourth-order valence-electron chi connectivity index (χ4n) is 1.92. The number of nitrogens with two attached hydrogens (primary N) is 1. The van der Waals surface area contributed by atoms with E-state index in [1.165, 1.54) is 0 Å². The van der Waals surface area contributed by atoms with Crippen molar-refractivity contribution in [3.8, 4) is 0 Å². The van der Waals surface area contributed by atoms with Gasteiger partial charge in [-0.1, -0.05) is 0 Å². The van der Waals surface area contributed by atoms with E-state index < -0.39 is 37.4 Å². The maximum atomic E-state index is 13.8. The van der Waals surface area contributed by atoms with Crippen LogP contribution in [0, 0.1) is 11.6 Å². The monoisotopic (exact) mass is 324 g/mol. The van der Waals surface area contributed by atoms with E-state index in [0.29, 0.717) is 0 Å². The van der Waals surface area contributed by atoms with Crippen LogP contribution >= 0.6 is 0 Å². The van der Waals surface area contributed by atoms with Crippen LogP contribution in [0.15, 0.2) is 17.0 Å². The maximum absolute atomic E-state index is 13.8. The molecule has 1 fully saturated rings. The lowest BCUT2D eigenvalue weighted by molar-refractivity contribution is 0.427. The summed E-state index contributed by atoms with van der Waals surface area (Å²) in [5, 5.41) is 0. The van der Waals surface area contributed by atoms with E-state index in [0.717, 1.165) is 16.4 Å². The van der Waals surface area contributed by atoms with Crippen molar-refractivity contribution in [3.63, 3.8) is 0 Å². The Morgan fingerprint density at radius 1 is 1.25 bits per heavy atom. The Bertz CT molecular complexity index is 639. The topological polar surface area (TPSA) is 80.5 Å². The molecule has 0 atom stereocenters. The van der Waals surface area contributed by atoms with Crippen molar-refractivity contribution in [3.05, 3.63) is 29.3 Å². The smallest absolute Gasteiger partial charge is 0.246 e. The van der Waals surface area contributed by atoms with Crippen LogP contribution in [0.1, 0.15) is 5.56 Å². The van der Waals surface area contributed by atoms with Crippen molar-refractivity contribution in [2.75, 3.05) is 24.6 Å². The van der Waals surface area contributed by atoms with Crippen LogP contribution in [0.4, 0.5) is 8.78 Å². The fraction of sp³-hybridized carbons (Fsp3) is 0.455. The van der Waals surface area contributed by atoms with E-state index in [9.17, 15) is 21.4 Å². The average molecular weight is 324 g/mol. The lowest BCUT2D eigenvalue weighted by Crippen LogP contribution is -2.42. The van der Waals surface area contributed by atoms with Gasteiger partial charge in [-0.25, -0.2) is 17.2 Å². The molecule has 2 rings (SSSR count). The summed E-state index contributed by atoms with van der Waals surface area (Å²) in [6.45, 7) is -0.0323. The zero-order chi connectivity index (χ0) is 14.9. The summed E-state index contributed by atoms with van der Waals surface area (Å²) in [6.07, 6.45) is 0. The molecule has 0 unspecified atom stereocenters. The van der Waals surface area contributed by atoms with Crippen molar-refractivity contribution in [1.29, 1.82) is 0 Å². The molecule has 0 spiro atoms. The summed E-state index contributed by atoms with van der Waals surface area (Å²) in [4.78, 5) is -0.717. The van der Waals surface area contributed by atoms with E-state index in [-0.39, 0.29) is 36.7 Å². The highest BCUT2D eigenvalue weighted by Gasteiger charge is 2.31. The van der Waals surface area contributed by atoms with E-state index in [2.05, 4.69) is 0 Å². The van der Waals surface area contributed by atoms with Crippen molar-refractivity contribution in [2.45, 2.75) is 11.4 Å². The van der Waals surface area contributed by atoms with Gasteiger partial charge in [-0.3, -0.25) is 4.21 Å². The minimum Gasteiger partial charge on any atom is -0.326 e. The molecule has 9 heteroatoms. The van der Waals surface area contributed by atoms with Crippen LogP contribution < -0.4 is 5.73 Å². The second kappa shape index (κ2) is 5.84. The molecule has 1 aliphatic heterocycles. The minimum atomic E-state index is -4.14. The Morgan fingerprint density at radius 3 is 2.40 bits per heavy atom. The molecule has 1 heterocycles. The van der Waals surface area contributed by atoms with Crippen molar-refractivity contribution in [1.82, 2.24) is 4.31 Å². The predicted octanol–water partition coefficient (Wildman–Crippen LogP) is 0.177. The molecule has 0 radical (unpaired) electrons. The van der Waals surface area contributed by atoms with Crippen LogP contribution in [-0.2, 0) is 27.4 Å². The second-order valence-corrected chi connectivity index (χ2v) is 7.95. The van der Waals surface area contributed by atoms with Gasteiger partial charge < -0.3 is 5.73 Å². The molecule has 1 saturated heterocycles. The Hall–Kier alpha value is -0.900.